The van der Waals surface area contributed by atoms with Gasteiger partial charge in [0.05, 0.1) is 12.1 Å². The fourth-order valence-electron chi connectivity index (χ4n) is 2.61. The molecule has 1 amide bonds. The first-order valence-electron chi connectivity index (χ1n) is 7.03. The van der Waals surface area contributed by atoms with Crippen LogP contribution in [0.25, 0.3) is 0 Å². The Morgan fingerprint density at radius 2 is 2.14 bits per heavy atom. The van der Waals surface area contributed by atoms with Crippen molar-refractivity contribution in [1.29, 1.82) is 0 Å². The first kappa shape index (κ1) is 14.6. The number of rotatable bonds is 4. The molecule has 2 fully saturated rings. The summed E-state index contributed by atoms with van der Waals surface area (Å²) in [6.07, 6.45) is 4.08. The normalized spacial score (nSPS) is 26.0. The molecular formula is C13H19N3O4S. The number of aromatic nitrogens is 1. The molecule has 1 aromatic heterocycles. The van der Waals surface area contributed by atoms with Crippen molar-refractivity contribution in [3.05, 3.63) is 18.0 Å². The molecule has 0 radical (unpaired) electrons. The molecule has 0 bridgehead atoms. The lowest BCUT2D eigenvalue weighted by atomic mass is 10.1. The minimum Gasteiger partial charge on any atom is -0.376 e. The minimum absolute atomic E-state index is 0.0183. The number of hydrogen-bond donors (Lipinski definition) is 2. The Bertz CT molecular complexity index is 663. The largest absolute Gasteiger partial charge is 0.376 e. The van der Waals surface area contributed by atoms with Gasteiger partial charge in [-0.1, -0.05) is 0 Å². The average molecular weight is 313 g/mol. The zero-order valence-electron chi connectivity index (χ0n) is 11.8. The Morgan fingerprint density at radius 3 is 2.67 bits per heavy atom. The third-order valence-corrected chi connectivity index (χ3v) is 4.90. The average Bonchev–Trinajstić information content (AvgIpc) is 3.00. The Kier molecular flexibility index (Phi) is 3.54. The number of sulfonamides is 1. The molecule has 2 unspecified atom stereocenters. The molecule has 8 heteroatoms. The van der Waals surface area contributed by atoms with Gasteiger partial charge < -0.3 is 14.6 Å². The van der Waals surface area contributed by atoms with Crippen molar-refractivity contribution in [3.63, 3.8) is 0 Å². The first-order chi connectivity index (χ1) is 9.86. The Balaban J connectivity index is 1.86. The van der Waals surface area contributed by atoms with Crippen LogP contribution < -0.4 is 10.5 Å². The molecule has 0 aromatic carbocycles. The zero-order chi connectivity index (χ0) is 15.2. The van der Waals surface area contributed by atoms with E-state index in [0.717, 1.165) is 19.3 Å². The standard InChI is InChI=1S/C13H19N3O4S/c1-8-11(4-5-20-8)15-13(17)12-6-10(21(14,18)19)7-16(12)9-2-3-9/h6-9,11H,2-5H2,1H3,(H,15,17)(H2,14,18,19). The summed E-state index contributed by atoms with van der Waals surface area (Å²) in [5.74, 6) is -0.279. The summed E-state index contributed by atoms with van der Waals surface area (Å²) in [4.78, 5) is 12.4. The Morgan fingerprint density at radius 1 is 1.43 bits per heavy atom. The molecule has 1 saturated heterocycles. The van der Waals surface area contributed by atoms with Crippen LogP contribution in [0, 0.1) is 0 Å². The fraction of sp³-hybridized carbons (Fsp3) is 0.615. The van der Waals surface area contributed by atoms with Crippen LogP contribution in [0.4, 0.5) is 0 Å². The van der Waals surface area contributed by atoms with E-state index in [4.69, 9.17) is 9.88 Å². The van der Waals surface area contributed by atoms with Crippen LogP contribution >= 0.6 is 0 Å². The number of amides is 1. The third-order valence-electron chi connectivity index (χ3n) is 4.02. The maximum absolute atomic E-state index is 12.4. The van der Waals surface area contributed by atoms with E-state index in [1.807, 2.05) is 6.92 Å². The number of ether oxygens (including phenoxy) is 1. The van der Waals surface area contributed by atoms with Crippen molar-refractivity contribution < 1.29 is 17.9 Å². The summed E-state index contributed by atoms with van der Waals surface area (Å²) in [6, 6.07) is 1.50. The van der Waals surface area contributed by atoms with Gasteiger partial charge in [0.2, 0.25) is 10.0 Å². The first-order valence-corrected chi connectivity index (χ1v) is 8.58. The van der Waals surface area contributed by atoms with Crippen LogP contribution in [0.1, 0.15) is 42.7 Å². The van der Waals surface area contributed by atoms with E-state index in [1.165, 1.54) is 12.3 Å². The van der Waals surface area contributed by atoms with Crippen molar-refractivity contribution in [2.24, 2.45) is 5.14 Å². The summed E-state index contributed by atoms with van der Waals surface area (Å²) in [6.45, 7) is 2.53. The van der Waals surface area contributed by atoms with E-state index >= 15 is 0 Å². The zero-order valence-corrected chi connectivity index (χ0v) is 12.6. The third kappa shape index (κ3) is 2.97. The lowest BCUT2D eigenvalue weighted by Gasteiger charge is -2.16. The number of carbonyl (C=O) groups excluding carboxylic acids is 1. The number of nitrogens with one attached hydrogen (secondary N) is 1. The van der Waals surface area contributed by atoms with Crippen molar-refractivity contribution in [3.8, 4) is 0 Å². The number of nitrogens with two attached hydrogens (primary N) is 1. The number of carbonyl (C=O) groups is 1. The molecule has 7 nitrogen and oxygen atoms in total. The molecule has 21 heavy (non-hydrogen) atoms. The molecule has 2 heterocycles. The maximum atomic E-state index is 12.4. The van der Waals surface area contributed by atoms with E-state index in [-0.39, 0.29) is 29.0 Å². The van der Waals surface area contributed by atoms with Crippen molar-refractivity contribution in [2.75, 3.05) is 6.61 Å². The van der Waals surface area contributed by atoms with Crippen LogP contribution in [0.15, 0.2) is 17.2 Å². The molecule has 2 atom stereocenters. The molecule has 116 valence electrons. The summed E-state index contributed by atoms with van der Waals surface area (Å²) < 4.78 is 30.1. The summed E-state index contributed by atoms with van der Waals surface area (Å²) in [5.41, 5.74) is 0.348. The SMILES string of the molecule is CC1OCCC1NC(=O)c1cc(S(N)(=O)=O)cn1C1CC1. The van der Waals surface area contributed by atoms with Crippen LogP contribution in [-0.2, 0) is 14.8 Å². The fourth-order valence-corrected chi connectivity index (χ4v) is 3.15. The van der Waals surface area contributed by atoms with Gasteiger partial charge in [0.1, 0.15) is 10.6 Å². The Hall–Kier alpha value is -1.38. The Labute approximate surface area is 123 Å². The van der Waals surface area contributed by atoms with E-state index in [0.29, 0.717) is 12.3 Å². The van der Waals surface area contributed by atoms with Gasteiger partial charge in [-0.2, -0.15) is 0 Å². The molecule has 1 aliphatic carbocycles. The van der Waals surface area contributed by atoms with Gasteiger partial charge in [-0.3, -0.25) is 4.79 Å². The van der Waals surface area contributed by atoms with Crippen molar-refractivity contribution >= 4 is 15.9 Å². The van der Waals surface area contributed by atoms with E-state index in [1.54, 1.807) is 4.57 Å². The molecule has 2 aliphatic rings. The van der Waals surface area contributed by atoms with Gasteiger partial charge in [0.15, 0.2) is 0 Å². The van der Waals surface area contributed by atoms with Crippen LogP contribution in [-0.4, -0.2) is 37.6 Å². The lowest BCUT2D eigenvalue weighted by molar-refractivity contribution is 0.0858. The number of nitrogens with zero attached hydrogens (tertiary/aromatic N) is 1. The summed E-state index contributed by atoms with van der Waals surface area (Å²) in [7, 11) is -3.81. The highest BCUT2D eigenvalue weighted by Crippen LogP contribution is 2.37. The van der Waals surface area contributed by atoms with Crippen LogP contribution in [0.2, 0.25) is 0 Å². The van der Waals surface area contributed by atoms with E-state index in [9.17, 15) is 13.2 Å². The highest BCUT2D eigenvalue weighted by molar-refractivity contribution is 7.89. The van der Waals surface area contributed by atoms with E-state index < -0.39 is 10.0 Å². The summed E-state index contributed by atoms with van der Waals surface area (Å²) in [5, 5.41) is 8.06. The molecule has 3 N–H and O–H groups in total. The molecule has 3 rings (SSSR count). The topological polar surface area (TPSA) is 103 Å². The molecule has 0 spiro atoms. The van der Waals surface area contributed by atoms with Gasteiger partial charge >= 0.3 is 0 Å². The second kappa shape index (κ2) is 5.11. The van der Waals surface area contributed by atoms with Crippen molar-refractivity contribution in [2.45, 2.75) is 49.3 Å². The summed E-state index contributed by atoms with van der Waals surface area (Å²) >= 11 is 0. The molecule has 1 saturated carbocycles. The van der Waals surface area contributed by atoms with Gasteiger partial charge in [-0.05, 0) is 32.3 Å². The highest BCUT2D eigenvalue weighted by atomic mass is 32.2. The van der Waals surface area contributed by atoms with Gasteiger partial charge in [-0.25, -0.2) is 13.6 Å². The second-order valence-corrected chi connectivity index (χ2v) is 7.25. The second-order valence-electron chi connectivity index (χ2n) is 5.69. The smallest absolute Gasteiger partial charge is 0.268 e. The predicted octanol–water partition coefficient (Wildman–Crippen LogP) is 0.378. The van der Waals surface area contributed by atoms with Crippen LogP contribution in [0.5, 0.6) is 0 Å². The van der Waals surface area contributed by atoms with Gasteiger partial charge in [-0.15, -0.1) is 0 Å². The molecule has 1 aromatic rings. The van der Waals surface area contributed by atoms with Crippen LogP contribution in [0.3, 0.4) is 0 Å². The highest BCUT2D eigenvalue weighted by Gasteiger charge is 2.32. The monoisotopic (exact) mass is 313 g/mol. The van der Waals surface area contributed by atoms with Gasteiger partial charge in [0.25, 0.3) is 5.91 Å². The predicted molar refractivity (Wildman–Crippen MR) is 75.4 cm³/mol. The quantitative estimate of drug-likeness (QED) is 0.838. The van der Waals surface area contributed by atoms with Gasteiger partial charge in [0, 0.05) is 18.8 Å². The minimum atomic E-state index is -3.81. The molecular weight excluding hydrogens is 294 g/mol. The number of primary sulfonamides is 1. The van der Waals surface area contributed by atoms with E-state index in [2.05, 4.69) is 5.32 Å². The lowest BCUT2D eigenvalue weighted by Crippen LogP contribution is -2.39. The maximum Gasteiger partial charge on any atom is 0.268 e. The molecule has 1 aliphatic heterocycles. The number of hydrogen-bond acceptors (Lipinski definition) is 4. The van der Waals surface area contributed by atoms with Crippen molar-refractivity contribution in [1.82, 2.24) is 9.88 Å².